The molecule has 2 bridgehead atoms. The molecule has 17 nitrogen and oxygen atoms in total. The van der Waals surface area contributed by atoms with E-state index in [4.69, 9.17) is 15.2 Å². The zero-order valence-electron chi connectivity index (χ0n) is 41.5. The molecule has 3 heterocycles. The van der Waals surface area contributed by atoms with Gasteiger partial charge in [-0.2, -0.15) is 0 Å². The van der Waals surface area contributed by atoms with Gasteiger partial charge in [0.1, 0.15) is 24.5 Å². The third-order valence-corrected chi connectivity index (χ3v) is 22.5. The SMILES string of the molecule is CC[C@H]1C[C@@]2(C(=O)O)CC[C@](C)(CO)C[C@H]2C2=CC[C@@]34C5=C[C@H]([C@@H]6[C@@H]([C@H](CC[C@@H](N)O)c7cnc[nH]7)NC(=O)[C@@H]6CO)[C@H]6[C@@H](O)[C@@H](O[C@@H]7OC[C@@H](O)[C@H](O)[C@H]7O)[C@@](C)(CO)[C@@H](CC[C@@]3(C)[C@@]21CC5)[C@]64C. The number of carboxylic acids is 1. The number of amides is 1. The van der Waals surface area contributed by atoms with Crippen LogP contribution >= 0.6 is 0 Å². The van der Waals surface area contributed by atoms with E-state index in [1.807, 2.05) is 6.92 Å². The topological polar surface area (TPSA) is 301 Å². The fourth-order valence-electron chi connectivity index (χ4n) is 19.4. The van der Waals surface area contributed by atoms with Crippen LogP contribution in [0, 0.1) is 79.3 Å². The summed E-state index contributed by atoms with van der Waals surface area (Å²) in [7, 11) is 0. The largest absolute Gasteiger partial charge is 0.481 e. The lowest BCUT2D eigenvalue weighted by atomic mass is 9.21. The monoisotopic (exact) mass is 981 g/mol. The summed E-state index contributed by atoms with van der Waals surface area (Å²) in [4.78, 5) is 35.9. The van der Waals surface area contributed by atoms with E-state index >= 15 is 0 Å². The molecule has 2 saturated heterocycles. The maximum absolute atomic E-state index is 14.4. The van der Waals surface area contributed by atoms with E-state index in [0.717, 1.165) is 25.0 Å². The molecular formula is C53H80N4O13. The quantitative estimate of drug-likeness (QED) is 0.0768. The van der Waals surface area contributed by atoms with Crippen LogP contribution in [0.1, 0.15) is 123 Å². The number of aromatic amines is 1. The number of allylic oxidation sites excluding steroid dienone is 4. The highest BCUT2D eigenvalue weighted by molar-refractivity contribution is 5.82. The van der Waals surface area contributed by atoms with Crippen molar-refractivity contribution in [1.29, 1.82) is 0 Å². The number of aromatic nitrogens is 2. The van der Waals surface area contributed by atoms with Gasteiger partial charge in [0.25, 0.3) is 0 Å². The number of carbonyl (C=O) groups is 2. The Morgan fingerprint density at radius 3 is 2.40 bits per heavy atom. The van der Waals surface area contributed by atoms with Crippen LogP contribution in [0.4, 0.5) is 0 Å². The number of hydrogen-bond acceptors (Lipinski definition) is 14. The Labute approximate surface area is 410 Å². The normalized spacial score (nSPS) is 51.2. The van der Waals surface area contributed by atoms with Gasteiger partial charge in [0, 0.05) is 58.5 Å². The average molecular weight is 981 g/mol. The van der Waals surface area contributed by atoms with Crippen molar-refractivity contribution in [3.8, 4) is 0 Å². The molecular weight excluding hydrogens is 901 g/mol. The third kappa shape index (κ3) is 6.44. The highest BCUT2D eigenvalue weighted by atomic mass is 16.7. The first-order valence-corrected chi connectivity index (χ1v) is 26.3. The predicted molar refractivity (Wildman–Crippen MR) is 252 cm³/mol. The van der Waals surface area contributed by atoms with Crippen molar-refractivity contribution in [3.05, 3.63) is 41.5 Å². The second-order valence-electron chi connectivity index (χ2n) is 24.9. The molecule has 70 heavy (non-hydrogen) atoms. The minimum Gasteiger partial charge on any atom is -0.481 e. The van der Waals surface area contributed by atoms with Crippen molar-refractivity contribution in [2.75, 3.05) is 26.4 Å². The number of nitrogens with two attached hydrogens (primary N) is 1. The standard InChI is InChI=1S/C53H80N4O13/c1-6-26-18-51(46(67)68)16-15-47(2,23-59)19-32(51)31-10-14-53-27-9-13-52(26,31)49(53,4)12-11-35-48(3,24-60)43(70-45-42(65)40(63)34(61)22-69-45)41(64)38(50(35,53)5)29(17-27)37-30(21-58)44(66)57-39(37)28(7-8-36(54)62)33-20-55-25-56-33/h10,17,20,25-26,28-30,32,34-43,45,58-65H,6-9,11-16,18-19,21-24,54H2,1-5H3,(H,55,56)(H,57,66)(H,67,68)/t26-,28+,29+,30+,32-,34+,35+,36-,37-,38-,39+,40-,41+,42+,43+,45-,47-,48-,49-,50+,51-,52+,53+/m0/s1. The number of carbonyl (C=O) groups excluding carboxylic acids is 1. The lowest BCUT2D eigenvalue weighted by Gasteiger charge is -2.83. The van der Waals surface area contributed by atoms with Crippen molar-refractivity contribution < 1.29 is 65.0 Å². The van der Waals surface area contributed by atoms with Crippen LogP contribution in [0.5, 0.6) is 0 Å². The summed E-state index contributed by atoms with van der Waals surface area (Å²) >= 11 is 0. The van der Waals surface area contributed by atoms with Crippen LogP contribution < -0.4 is 11.1 Å². The minimum absolute atomic E-state index is 0.0121. The molecule has 7 fully saturated rings. The lowest BCUT2D eigenvalue weighted by Crippen LogP contribution is -2.80. The number of aliphatic hydroxyl groups excluding tert-OH is 8. The Morgan fingerprint density at radius 2 is 1.76 bits per heavy atom. The molecule has 1 aromatic heterocycles. The number of nitrogens with one attached hydrogen (secondary N) is 2. The van der Waals surface area contributed by atoms with Crippen LogP contribution in [0.25, 0.3) is 0 Å². The van der Waals surface area contributed by atoms with E-state index in [1.54, 1.807) is 12.5 Å². The summed E-state index contributed by atoms with van der Waals surface area (Å²) in [6, 6.07) is -0.624. The van der Waals surface area contributed by atoms with Gasteiger partial charge < -0.3 is 71.5 Å². The van der Waals surface area contributed by atoms with E-state index in [0.29, 0.717) is 51.4 Å². The van der Waals surface area contributed by atoms with Crippen LogP contribution in [0.2, 0.25) is 0 Å². The van der Waals surface area contributed by atoms with Gasteiger partial charge >= 0.3 is 5.97 Å². The molecule has 1 amide bonds. The minimum atomic E-state index is -1.68. The van der Waals surface area contributed by atoms with Gasteiger partial charge in [-0.25, -0.2) is 4.98 Å². The zero-order valence-corrected chi connectivity index (χ0v) is 41.5. The molecule has 23 atom stereocenters. The molecule has 0 radical (unpaired) electrons. The Balaban J connectivity index is 1.21. The number of ether oxygens (including phenoxy) is 2. The van der Waals surface area contributed by atoms with Crippen molar-refractivity contribution in [2.45, 2.75) is 167 Å². The molecule has 2 aliphatic heterocycles. The smallest absolute Gasteiger partial charge is 0.310 e. The highest BCUT2D eigenvalue weighted by Crippen LogP contribution is 2.88. The molecule has 390 valence electrons. The van der Waals surface area contributed by atoms with E-state index < -0.39 is 136 Å². The first-order chi connectivity index (χ1) is 33.1. The number of aliphatic hydroxyl groups is 8. The summed E-state index contributed by atoms with van der Waals surface area (Å²) < 4.78 is 12.6. The summed E-state index contributed by atoms with van der Waals surface area (Å²) in [6.45, 7) is 9.70. The van der Waals surface area contributed by atoms with Crippen molar-refractivity contribution >= 4 is 11.9 Å². The molecule has 7 aliphatic carbocycles. The van der Waals surface area contributed by atoms with Gasteiger partial charge in [0.2, 0.25) is 5.91 Å². The number of carboxylic acid groups (broad SMARTS) is 1. The molecule has 9 aliphatic rings. The molecule has 13 N–H and O–H groups in total. The fraction of sp³-hybridized carbons (Fsp3) is 0.830. The Kier molecular flexibility index (Phi) is 12.6. The van der Waals surface area contributed by atoms with Gasteiger partial charge in [-0.3, -0.25) is 9.59 Å². The predicted octanol–water partition coefficient (Wildman–Crippen LogP) is 2.46. The number of nitrogens with zero attached hydrogens (tertiary/aromatic N) is 1. The number of rotatable bonds is 13. The van der Waals surface area contributed by atoms with Gasteiger partial charge in [-0.05, 0) is 111 Å². The number of H-pyrrole nitrogens is 1. The summed E-state index contributed by atoms with van der Waals surface area (Å²) in [5.74, 6) is -4.99. The number of aliphatic carboxylic acids is 1. The molecule has 2 spiro atoms. The Bertz CT molecular complexity index is 2240. The van der Waals surface area contributed by atoms with Gasteiger partial charge in [0.05, 0.1) is 49.7 Å². The average Bonchev–Trinajstić information content (AvgIpc) is 3.98. The zero-order chi connectivity index (χ0) is 50.3. The number of fused-ring (bicyclic) bond motifs is 2. The van der Waals surface area contributed by atoms with Gasteiger partial charge in [-0.15, -0.1) is 0 Å². The number of imidazole rings is 1. The summed E-state index contributed by atoms with van der Waals surface area (Å²) in [5.41, 5.74) is 4.08. The highest BCUT2D eigenvalue weighted by Gasteiger charge is 2.84. The van der Waals surface area contributed by atoms with Crippen molar-refractivity contribution in [1.82, 2.24) is 15.3 Å². The van der Waals surface area contributed by atoms with E-state index in [2.05, 4.69) is 55.1 Å². The summed E-state index contributed by atoms with van der Waals surface area (Å²) in [5, 5.41) is 106. The third-order valence-electron chi connectivity index (χ3n) is 22.5. The van der Waals surface area contributed by atoms with E-state index in [9.17, 15) is 55.5 Å². The van der Waals surface area contributed by atoms with Crippen LogP contribution in [-0.4, -0.2) is 143 Å². The van der Waals surface area contributed by atoms with Gasteiger partial charge in [-0.1, -0.05) is 64.3 Å². The van der Waals surface area contributed by atoms with E-state index in [-0.39, 0.29) is 43.3 Å². The number of hydrogen-bond donors (Lipinski definition) is 12. The second-order valence-corrected chi connectivity index (χ2v) is 24.9. The van der Waals surface area contributed by atoms with Crippen LogP contribution in [0.15, 0.2) is 35.8 Å². The van der Waals surface area contributed by atoms with Crippen LogP contribution in [0.3, 0.4) is 0 Å². The lowest BCUT2D eigenvalue weighted by molar-refractivity contribution is -0.360. The van der Waals surface area contributed by atoms with E-state index in [1.165, 1.54) is 11.1 Å². The van der Waals surface area contributed by atoms with Crippen LogP contribution in [-0.2, 0) is 19.1 Å². The fourth-order valence-corrected chi connectivity index (χ4v) is 19.4. The molecule has 0 unspecified atom stereocenters. The summed E-state index contributed by atoms with van der Waals surface area (Å²) in [6.07, 6.45) is 5.05. The first-order valence-electron chi connectivity index (χ1n) is 26.3. The molecule has 17 heteroatoms. The Morgan fingerprint density at radius 1 is 1.00 bits per heavy atom. The first kappa shape index (κ1) is 50.7. The molecule has 10 rings (SSSR count). The Hall–Kier alpha value is -2.81. The second kappa shape index (κ2) is 17.4. The molecule has 1 aromatic rings. The molecule has 0 aromatic carbocycles. The maximum atomic E-state index is 14.4. The van der Waals surface area contributed by atoms with Crippen molar-refractivity contribution in [3.63, 3.8) is 0 Å². The molecule has 5 saturated carbocycles. The maximum Gasteiger partial charge on any atom is 0.310 e. The van der Waals surface area contributed by atoms with Crippen molar-refractivity contribution in [2.24, 2.45) is 85.1 Å². The van der Waals surface area contributed by atoms with Gasteiger partial charge in [0.15, 0.2) is 6.29 Å².